The molecule has 1 aromatic carbocycles. The molecule has 0 radical (unpaired) electrons. The zero-order chi connectivity index (χ0) is 12.5. The van der Waals surface area contributed by atoms with E-state index in [2.05, 4.69) is 4.74 Å². The van der Waals surface area contributed by atoms with E-state index in [1.165, 1.54) is 7.11 Å². The molecule has 0 bridgehead atoms. The predicted octanol–water partition coefficient (Wildman–Crippen LogP) is 2.88. The summed E-state index contributed by atoms with van der Waals surface area (Å²) < 4.78 is 9.69. The van der Waals surface area contributed by atoms with Gasteiger partial charge in [-0.1, -0.05) is 24.3 Å². The summed E-state index contributed by atoms with van der Waals surface area (Å²) in [6, 6.07) is 7.45. The van der Waals surface area contributed by atoms with Gasteiger partial charge in [-0.05, 0) is 24.1 Å². The molecule has 0 aliphatic heterocycles. The van der Waals surface area contributed by atoms with Crippen LogP contribution < -0.4 is 4.74 Å². The van der Waals surface area contributed by atoms with E-state index in [0.717, 1.165) is 12.0 Å². The average Bonchev–Trinajstić information content (AvgIpc) is 2.37. The van der Waals surface area contributed by atoms with Crippen LogP contribution in [0.4, 0.5) is 0 Å². The largest absolute Gasteiger partial charge is 0.482 e. The molecule has 0 atom stereocenters. The second-order valence-electron chi connectivity index (χ2n) is 3.31. The molecule has 3 nitrogen and oxygen atoms in total. The van der Waals surface area contributed by atoms with Gasteiger partial charge < -0.3 is 9.47 Å². The standard InChI is InChI=1S/C13H15ClO3/c1-16-13(15)10-17-12-7-5-11(6-8-12)4-2-3-9-14/h2,4-8H,3,9-10H2,1H3. The minimum absolute atomic E-state index is 0.0715. The third-order valence-electron chi connectivity index (χ3n) is 2.05. The summed E-state index contributed by atoms with van der Waals surface area (Å²) >= 11 is 5.56. The van der Waals surface area contributed by atoms with Crippen molar-refractivity contribution in [2.45, 2.75) is 6.42 Å². The molecular weight excluding hydrogens is 240 g/mol. The Morgan fingerprint density at radius 1 is 1.35 bits per heavy atom. The predicted molar refractivity (Wildman–Crippen MR) is 68.3 cm³/mol. The van der Waals surface area contributed by atoms with Crippen molar-refractivity contribution in [1.29, 1.82) is 0 Å². The molecular formula is C13H15ClO3. The van der Waals surface area contributed by atoms with E-state index in [0.29, 0.717) is 11.6 Å². The first-order valence-corrected chi connectivity index (χ1v) is 5.82. The van der Waals surface area contributed by atoms with Crippen LogP contribution in [0, 0.1) is 0 Å². The summed E-state index contributed by atoms with van der Waals surface area (Å²) in [5.41, 5.74) is 1.07. The number of halogens is 1. The Morgan fingerprint density at radius 3 is 2.65 bits per heavy atom. The number of rotatable bonds is 6. The van der Waals surface area contributed by atoms with E-state index in [1.54, 1.807) is 0 Å². The molecule has 92 valence electrons. The quantitative estimate of drug-likeness (QED) is 0.578. The number of hydrogen-bond acceptors (Lipinski definition) is 3. The van der Waals surface area contributed by atoms with Crippen molar-refractivity contribution >= 4 is 23.6 Å². The van der Waals surface area contributed by atoms with Crippen molar-refractivity contribution in [3.63, 3.8) is 0 Å². The Morgan fingerprint density at radius 2 is 2.06 bits per heavy atom. The number of hydrogen-bond donors (Lipinski definition) is 0. The maximum absolute atomic E-state index is 10.9. The molecule has 0 fully saturated rings. The van der Waals surface area contributed by atoms with Gasteiger partial charge in [0.2, 0.25) is 0 Å². The van der Waals surface area contributed by atoms with E-state index in [4.69, 9.17) is 16.3 Å². The van der Waals surface area contributed by atoms with E-state index >= 15 is 0 Å². The van der Waals surface area contributed by atoms with Crippen LogP contribution in [0.15, 0.2) is 30.3 Å². The zero-order valence-electron chi connectivity index (χ0n) is 9.69. The first kappa shape index (κ1) is 13.6. The lowest BCUT2D eigenvalue weighted by atomic mass is 10.2. The van der Waals surface area contributed by atoms with Crippen molar-refractivity contribution in [3.05, 3.63) is 35.9 Å². The fourth-order valence-electron chi connectivity index (χ4n) is 1.16. The van der Waals surface area contributed by atoms with Crippen molar-refractivity contribution in [3.8, 4) is 5.75 Å². The SMILES string of the molecule is COC(=O)COc1ccc(C=CCCCl)cc1. The number of alkyl halides is 1. The van der Waals surface area contributed by atoms with Gasteiger partial charge in [0.1, 0.15) is 5.75 Å². The topological polar surface area (TPSA) is 35.5 Å². The lowest BCUT2D eigenvalue weighted by Crippen LogP contribution is -2.12. The number of benzene rings is 1. The molecule has 0 aliphatic carbocycles. The summed E-state index contributed by atoms with van der Waals surface area (Å²) in [6.07, 6.45) is 4.85. The highest BCUT2D eigenvalue weighted by atomic mass is 35.5. The molecule has 4 heteroatoms. The molecule has 1 aromatic rings. The molecule has 0 N–H and O–H groups in total. The van der Waals surface area contributed by atoms with E-state index < -0.39 is 5.97 Å². The van der Waals surface area contributed by atoms with Crippen LogP contribution in [0.3, 0.4) is 0 Å². The molecule has 0 aromatic heterocycles. The number of ether oxygens (including phenoxy) is 2. The Kier molecular flexibility index (Phi) is 6.18. The van der Waals surface area contributed by atoms with Crippen molar-refractivity contribution in [2.24, 2.45) is 0 Å². The third-order valence-corrected chi connectivity index (χ3v) is 2.27. The molecule has 0 unspecified atom stereocenters. The van der Waals surface area contributed by atoms with Crippen LogP contribution in [0.2, 0.25) is 0 Å². The van der Waals surface area contributed by atoms with Crippen molar-refractivity contribution < 1.29 is 14.3 Å². The lowest BCUT2D eigenvalue weighted by Gasteiger charge is -2.04. The summed E-state index contributed by atoms with van der Waals surface area (Å²) in [6.45, 7) is -0.0715. The molecule has 0 amide bonds. The van der Waals surface area contributed by atoms with Crippen molar-refractivity contribution in [2.75, 3.05) is 19.6 Å². The Bertz CT molecular complexity index is 371. The summed E-state index contributed by atoms with van der Waals surface area (Å²) in [5, 5.41) is 0. The molecule has 1 rings (SSSR count). The number of carbonyl (C=O) groups excluding carboxylic acids is 1. The van der Waals surface area contributed by atoms with Gasteiger partial charge in [-0.2, -0.15) is 0 Å². The minimum Gasteiger partial charge on any atom is -0.482 e. The first-order chi connectivity index (χ1) is 8.26. The van der Waals surface area contributed by atoms with Crippen LogP contribution in [-0.2, 0) is 9.53 Å². The van der Waals surface area contributed by atoms with Crippen LogP contribution in [-0.4, -0.2) is 25.6 Å². The van der Waals surface area contributed by atoms with E-state index in [1.807, 2.05) is 36.4 Å². The fourth-order valence-corrected chi connectivity index (χ4v) is 1.28. The van der Waals surface area contributed by atoms with Gasteiger partial charge in [0.15, 0.2) is 6.61 Å². The van der Waals surface area contributed by atoms with Crippen LogP contribution in [0.1, 0.15) is 12.0 Å². The van der Waals surface area contributed by atoms with Gasteiger partial charge in [-0.15, -0.1) is 11.6 Å². The van der Waals surface area contributed by atoms with Crippen LogP contribution in [0.25, 0.3) is 6.08 Å². The first-order valence-electron chi connectivity index (χ1n) is 5.28. The Hall–Kier alpha value is -1.48. The summed E-state index contributed by atoms with van der Waals surface area (Å²) in [7, 11) is 1.33. The van der Waals surface area contributed by atoms with Gasteiger partial charge in [0, 0.05) is 5.88 Å². The molecule has 0 spiro atoms. The smallest absolute Gasteiger partial charge is 0.343 e. The van der Waals surface area contributed by atoms with Crippen molar-refractivity contribution in [1.82, 2.24) is 0 Å². The lowest BCUT2D eigenvalue weighted by molar-refractivity contribution is -0.142. The summed E-state index contributed by atoms with van der Waals surface area (Å²) in [5.74, 6) is 0.873. The molecule has 0 aliphatic rings. The number of methoxy groups -OCH3 is 1. The maximum Gasteiger partial charge on any atom is 0.343 e. The monoisotopic (exact) mass is 254 g/mol. The van der Waals surface area contributed by atoms with Crippen LogP contribution >= 0.6 is 11.6 Å². The highest BCUT2D eigenvalue weighted by Gasteiger charge is 2.00. The van der Waals surface area contributed by atoms with Gasteiger partial charge in [-0.25, -0.2) is 4.79 Å². The minimum atomic E-state index is -0.393. The molecule has 0 heterocycles. The normalized spacial score (nSPS) is 10.5. The van der Waals surface area contributed by atoms with E-state index in [9.17, 15) is 4.79 Å². The highest BCUT2D eigenvalue weighted by molar-refractivity contribution is 6.17. The number of allylic oxidation sites excluding steroid dienone is 1. The molecule has 0 saturated carbocycles. The Balaban J connectivity index is 2.47. The van der Waals surface area contributed by atoms with Gasteiger partial charge in [0.05, 0.1) is 7.11 Å². The number of esters is 1. The van der Waals surface area contributed by atoms with Crippen LogP contribution in [0.5, 0.6) is 5.75 Å². The second-order valence-corrected chi connectivity index (χ2v) is 3.69. The van der Waals surface area contributed by atoms with E-state index in [-0.39, 0.29) is 6.61 Å². The van der Waals surface area contributed by atoms with Gasteiger partial charge in [0.25, 0.3) is 0 Å². The molecule has 17 heavy (non-hydrogen) atoms. The Labute approximate surface area is 106 Å². The summed E-state index contributed by atoms with van der Waals surface area (Å²) in [4.78, 5) is 10.9. The third kappa shape index (κ3) is 5.41. The highest BCUT2D eigenvalue weighted by Crippen LogP contribution is 2.13. The maximum atomic E-state index is 10.9. The molecule has 0 saturated heterocycles. The average molecular weight is 255 g/mol. The fraction of sp³-hybridized carbons (Fsp3) is 0.308. The van der Waals surface area contributed by atoms with Gasteiger partial charge >= 0.3 is 5.97 Å². The van der Waals surface area contributed by atoms with Gasteiger partial charge in [-0.3, -0.25) is 0 Å². The zero-order valence-corrected chi connectivity index (χ0v) is 10.4. The number of carbonyl (C=O) groups is 1. The second kappa shape index (κ2) is 7.74.